The first kappa shape index (κ1) is 13.7. The second-order valence-corrected chi connectivity index (χ2v) is 6.44. The molecule has 0 fully saturated rings. The third-order valence-electron chi connectivity index (χ3n) is 1.48. The molecule has 0 heterocycles. The lowest BCUT2D eigenvalue weighted by molar-refractivity contribution is -0.119. The first-order valence-electron chi connectivity index (χ1n) is 4.32. The predicted molar refractivity (Wildman–Crippen MR) is 57.2 cm³/mol. The number of carbonyl (C=O) groups is 1. The molecule has 1 amide bonds. The van der Waals surface area contributed by atoms with Gasteiger partial charge in [0.25, 0.3) is 0 Å². The van der Waals surface area contributed by atoms with Crippen LogP contribution in [0.1, 0.15) is 20.3 Å². The summed E-state index contributed by atoms with van der Waals surface area (Å²) in [4.78, 5) is 11.1. The number of amides is 1. The number of halogens is 1. The Morgan fingerprint density at radius 2 is 1.93 bits per heavy atom. The smallest absolute Gasteiger partial charge is 0.235 e. The number of rotatable bonds is 5. The molecule has 0 radical (unpaired) electrons. The number of alkyl halides is 1. The molecule has 6 heteroatoms. The molecule has 0 aliphatic rings. The van der Waals surface area contributed by atoms with Crippen molar-refractivity contribution >= 4 is 27.3 Å². The van der Waals surface area contributed by atoms with Crippen LogP contribution >= 0.6 is 11.6 Å². The predicted octanol–water partition coefficient (Wildman–Crippen LogP) is 0.553. The van der Waals surface area contributed by atoms with Crippen LogP contribution in [-0.4, -0.2) is 37.8 Å². The molecule has 2 atom stereocenters. The van der Waals surface area contributed by atoms with Gasteiger partial charge in [-0.15, -0.1) is 11.6 Å². The second kappa shape index (κ2) is 5.56. The number of carbonyl (C=O) groups excluding carboxylic acids is 1. The third-order valence-corrected chi connectivity index (χ3v) is 2.44. The average Bonchev–Trinajstić information content (AvgIpc) is 1.77. The lowest BCUT2D eigenvalue weighted by Crippen LogP contribution is -2.37. The molecule has 0 saturated carbocycles. The highest BCUT2D eigenvalue weighted by atomic mass is 35.5. The summed E-state index contributed by atoms with van der Waals surface area (Å²) in [5.41, 5.74) is 0. The van der Waals surface area contributed by atoms with E-state index in [0.29, 0.717) is 6.42 Å². The fraction of sp³-hybridized carbons (Fsp3) is 0.875. The van der Waals surface area contributed by atoms with Crippen molar-refractivity contribution in [3.63, 3.8) is 0 Å². The maximum absolute atomic E-state index is 11.1. The van der Waals surface area contributed by atoms with E-state index in [-0.39, 0.29) is 11.4 Å². The monoisotopic (exact) mass is 241 g/mol. The van der Waals surface area contributed by atoms with E-state index >= 15 is 0 Å². The maximum atomic E-state index is 11.1. The van der Waals surface area contributed by atoms with Crippen LogP contribution in [0.3, 0.4) is 0 Å². The molecule has 0 aliphatic carbocycles. The minimum absolute atomic E-state index is 0.0384. The summed E-state index contributed by atoms with van der Waals surface area (Å²) in [5, 5.41) is 2.53. The van der Waals surface area contributed by atoms with Crippen molar-refractivity contribution in [3.05, 3.63) is 0 Å². The molecular weight excluding hydrogens is 226 g/mol. The van der Waals surface area contributed by atoms with Crippen molar-refractivity contribution in [2.75, 3.05) is 12.0 Å². The highest BCUT2D eigenvalue weighted by Gasteiger charge is 2.14. The first-order valence-corrected chi connectivity index (χ1v) is 6.81. The molecule has 2 unspecified atom stereocenters. The summed E-state index contributed by atoms with van der Waals surface area (Å²) in [6.07, 6.45) is 1.65. The van der Waals surface area contributed by atoms with E-state index in [1.165, 1.54) is 0 Å². The summed E-state index contributed by atoms with van der Waals surface area (Å²) in [7, 11) is -3.24. The summed E-state index contributed by atoms with van der Waals surface area (Å²) in [6.45, 7) is 3.61. The van der Waals surface area contributed by atoms with E-state index < -0.39 is 21.5 Å². The number of nitrogens with one attached hydrogen (secondary N) is 1. The molecule has 0 saturated heterocycles. The molecule has 0 bridgehead atoms. The second-order valence-electron chi connectivity index (χ2n) is 3.56. The van der Waals surface area contributed by atoms with Crippen LogP contribution in [0, 0.1) is 0 Å². The Bertz CT molecular complexity index is 287. The molecule has 0 aliphatic heterocycles. The molecule has 0 aromatic rings. The van der Waals surface area contributed by atoms with Crippen molar-refractivity contribution in [2.24, 2.45) is 0 Å². The number of hydrogen-bond donors (Lipinski definition) is 1. The summed E-state index contributed by atoms with van der Waals surface area (Å²) in [5.74, 6) is -0.939. The Balaban J connectivity index is 3.95. The molecule has 84 valence electrons. The van der Waals surface area contributed by atoms with Crippen LogP contribution < -0.4 is 5.32 Å². The minimum Gasteiger partial charge on any atom is -0.353 e. The zero-order valence-corrected chi connectivity index (χ0v) is 10.2. The van der Waals surface area contributed by atoms with Gasteiger partial charge in [0, 0.05) is 17.7 Å². The van der Waals surface area contributed by atoms with E-state index in [4.69, 9.17) is 11.6 Å². The van der Waals surface area contributed by atoms with Crippen molar-refractivity contribution in [1.29, 1.82) is 0 Å². The van der Waals surface area contributed by atoms with Crippen molar-refractivity contribution in [2.45, 2.75) is 31.7 Å². The largest absolute Gasteiger partial charge is 0.353 e. The fourth-order valence-electron chi connectivity index (χ4n) is 1.10. The highest BCUT2D eigenvalue weighted by Crippen LogP contribution is 2.03. The lowest BCUT2D eigenvalue weighted by Gasteiger charge is -2.14. The summed E-state index contributed by atoms with van der Waals surface area (Å²) >= 11 is 5.72. The van der Waals surface area contributed by atoms with Gasteiger partial charge >= 0.3 is 0 Å². The molecule has 4 nitrogen and oxygen atoms in total. The van der Waals surface area contributed by atoms with Gasteiger partial charge < -0.3 is 5.32 Å². The first-order chi connectivity index (χ1) is 6.20. The van der Waals surface area contributed by atoms with E-state index in [2.05, 4.69) is 5.32 Å². The van der Waals surface area contributed by atoms with Gasteiger partial charge in [-0.1, -0.05) is 0 Å². The van der Waals surface area contributed by atoms with Crippen molar-refractivity contribution < 1.29 is 13.2 Å². The third kappa shape index (κ3) is 8.31. The molecule has 1 N–H and O–H groups in total. The number of sulfone groups is 1. The molecule has 14 heavy (non-hydrogen) atoms. The van der Waals surface area contributed by atoms with E-state index in [9.17, 15) is 13.2 Å². The van der Waals surface area contributed by atoms with Crippen LogP contribution in [0.15, 0.2) is 0 Å². The lowest BCUT2D eigenvalue weighted by atomic mass is 10.2. The van der Waals surface area contributed by atoms with Crippen LogP contribution in [-0.2, 0) is 14.6 Å². The minimum atomic E-state index is -3.24. The van der Waals surface area contributed by atoms with Crippen LogP contribution in [0.2, 0.25) is 0 Å². The van der Waals surface area contributed by atoms with Gasteiger partial charge in [-0.05, 0) is 20.3 Å². The quantitative estimate of drug-likeness (QED) is 0.716. The van der Waals surface area contributed by atoms with Gasteiger partial charge in [-0.2, -0.15) is 0 Å². The van der Waals surface area contributed by atoms with Gasteiger partial charge in [0.15, 0.2) is 9.84 Å². The van der Waals surface area contributed by atoms with Gasteiger partial charge in [0.2, 0.25) is 5.91 Å². The van der Waals surface area contributed by atoms with Crippen LogP contribution in [0.4, 0.5) is 0 Å². The molecule has 0 aromatic carbocycles. The molecule has 0 spiro atoms. The molecule has 0 rings (SSSR count). The normalized spacial score (nSPS) is 16.0. The Kier molecular flexibility index (Phi) is 5.44. The van der Waals surface area contributed by atoms with E-state index in [1.54, 1.807) is 6.92 Å². The summed E-state index contributed by atoms with van der Waals surface area (Å²) < 4.78 is 21.5. The highest BCUT2D eigenvalue weighted by molar-refractivity contribution is 7.91. The number of hydrogen-bond acceptors (Lipinski definition) is 3. The maximum Gasteiger partial charge on any atom is 0.235 e. The average molecular weight is 242 g/mol. The Hall–Kier alpha value is -0.290. The van der Waals surface area contributed by atoms with Gasteiger partial charge in [-0.3, -0.25) is 4.79 Å². The fourth-order valence-corrected chi connectivity index (χ4v) is 1.93. The topological polar surface area (TPSA) is 63.2 Å². The zero-order chi connectivity index (χ0) is 11.4. The standard InChI is InChI=1S/C8H16ClNO3S/c1-6(9)4-7(2)10-8(11)5-14(3,12)13/h6-7H,4-5H2,1-3H3,(H,10,11). The van der Waals surface area contributed by atoms with Gasteiger partial charge in [0.05, 0.1) is 0 Å². The van der Waals surface area contributed by atoms with Crippen molar-refractivity contribution in [3.8, 4) is 0 Å². The Morgan fingerprint density at radius 3 is 2.29 bits per heavy atom. The van der Waals surface area contributed by atoms with Crippen molar-refractivity contribution in [1.82, 2.24) is 5.32 Å². The molecular formula is C8H16ClNO3S. The summed E-state index contributed by atoms with van der Waals surface area (Å²) in [6, 6.07) is -0.100. The van der Waals surface area contributed by atoms with Crippen LogP contribution in [0.5, 0.6) is 0 Å². The van der Waals surface area contributed by atoms with Gasteiger partial charge in [0.1, 0.15) is 5.75 Å². The van der Waals surface area contributed by atoms with Crippen LogP contribution in [0.25, 0.3) is 0 Å². The van der Waals surface area contributed by atoms with E-state index in [1.807, 2.05) is 6.92 Å². The SMILES string of the molecule is CC(Cl)CC(C)NC(=O)CS(C)(=O)=O. The molecule has 0 aromatic heterocycles. The Morgan fingerprint density at radius 1 is 1.43 bits per heavy atom. The van der Waals surface area contributed by atoms with E-state index in [0.717, 1.165) is 6.26 Å². The Labute approximate surface area is 89.9 Å². The van der Waals surface area contributed by atoms with Gasteiger partial charge in [-0.25, -0.2) is 8.42 Å². The zero-order valence-electron chi connectivity index (χ0n) is 8.58.